The van der Waals surface area contributed by atoms with Gasteiger partial charge in [0, 0.05) is 18.5 Å². The standard InChI is InChI=1S/C13H12N4O4/c1-8(9-2-4-14-5-3-9)16-12-6-10(13(18)19)11(7-15-12)17(20)21/h2-8H,1H3,(H,15,16)(H,18,19). The molecule has 0 bridgehead atoms. The minimum absolute atomic E-state index is 0.149. The van der Waals surface area contributed by atoms with Crippen molar-refractivity contribution >= 4 is 17.5 Å². The van der Waals surface area contributed by atoms with Gasteiger partial charge >= 0.3 is 11.7 Å². The van der Waals surface area contributed by atoms with Gasteiger partial charge in [0.25, 0.3) is 0 Å². The number of aromatic nitrogens is 2. The Labute approximate surface area is 119 Å². The Balaban J connectivity index is 2.27. The van der Waals surface area contributed by atoms with Crippen LogP contribution < -0.4 is 5.32 Å². The number of nitro groups is 1. The summed E-state index contributed by atoms with van der Waals surface area (Å²) in [5.74, 6) is -1.12. The van der Waals surface area contributed by atoms with Crippen LogP contribution in [0.4, 0.5) is 11.5 Å². The average molecular weight is 288 g/mol. The number of hydrogen-bond donors (Lipinski definition) is 2. The van der Waals surface area contributed by atoms with E-state index in [0.29, 0.717) is 0 Å². The lowest BCUT2D eigenvalue weighted by molar-refractivity contribution is -0.385. The highest BCUT2D eigenvalue weighted by Crippen LogP contribution is 2.23. The number of rotatable bonds is 5. The summed E-state index contributed by atoms with van der Waals surface area (Å²) < 4.78 is 0. The van der Waals surface area contributed by atoms with Crippen molar-refractivity contribution in [3.63, 3.8) is 0 Å². The molecular formula is C13H12N4O4. The summed E-state index contributed by atoms with van der Waals surface area (Å²) in [6, 6.07) is 4.61. The quantitative estimate of drug-likeness (QED) is 0.639. The maximum Gasteiger partial charge on any atom is 0.342 e. The Morgan fingerprint density at radius 2 is 2.10 bits per heavy atom. The van der Waals surface area contributed by atoms with Gasteiger partial charge in [0.15, 0.2) is 0 Å². The summed E-state index contributed by atoms with van der Waals surface area (Å²) in [6.07, 6.45) is 4.21. The second-order valence-corrected chi connectivity index (χ2v) is 4.30. The van der Waals surface area contributed by atoms with E-state index in [0.717, 1.165) is 17.8 Å². The fraction of sp³-hybridized carbons (Fsp3) is 0.154. The number of nitrogens with one attached hydrogen (secondary N) is 1. The first kappa shape index (κ1) is 14.4. The molecule has 0 amide bonds. The van der Waals surface area contributed by atoms with Gasteiger partial charge in [-0.1, -0.05) is 0 Å². The van der Waals surface area contributed by atoms with Gasteiger partial charge in [-0.25, -0.2) is 9.78 Å². The molecular weight excluding hydrogens is 276 g/mol. The Kier molecular flexibility index (Phi) is 4.07. The fourth-order valence-corrected chi connectivity index (χ4v) is 1.80. The van der Waals surface area contributed by atoms with Crippen molar-refractivity contribution < 1.29 is 14.8 Å². The van der Waals surface area contributed by atoms with Crippen molar-refractivity contribution in [3.05, 3.63) is 58.0 Å². The molecule has 0 aromatic carbocycles. The molecule has 2 aromatic rings. The monoisotopic (exact) mass is 288 g/mol. The number of carboxylic acid groups (broad SMARTS) is 1. The maximum absolute atomic E-state index is 11.1. The minimum atomic E-state index is -1.37. The molecule has 0 aliphatic rings. The van der Waals surface area contributed by atoms with Crippen molar-refractivity contribution in [1.82, 2.24) is 9.97 Å². The lowest BCUT2D eigenvalue weighted by atomic mass is 10.1. The topological polar surface area (TPSA) is 118 Å². The van der Waals surface area contributed by atoms with Gasteiger partial charge in [-0.2, -0.15) is 0 Å². The molecule has 2 N–H and O–H groups in total. The zero-order valence-corrected chi connectivity index (χ0v) is 11.1. The molecule has 2 heterocycles. The van der Waals surface area contributed by atoms with Crippen molar-refractivity contribution in [2.75, 3.05) is 5.32 Å². The molecule has 0 fully saturated rings. The van der Waals surface area contributed by atoms with Crippen LogP contribution >= 0.6 is 0 Å². The Morgan fingerprint density at radius 1 is 1.43 bits per heavy atom. The molecule has 1 unspecified atom stereocenters. The fourth-order valence-electron chi connectivity index (χ4n) is 1.80. The SMILES string of the molecule is CC(Nc1cc(C(=O)O)c([N+](=O)[O-])cn1)c1ccncc1. The number of hydrogen-bond acceptors (Lipinski definition) is 6. The molecule has 2 rings (SSSR count). The van der Waals surface area contributed by atoms with E-state index in [-0.39, 0.29) is 11.9 Å². The van der Waals surface area contributed by atoms with E-state index in [1.165, 1.54) is 0 Å². The molecule has 0 radical (unpaired) electrons. The van der Waals surface area contributed by atoms with Crippen LogP contribution in [0.25, 0.3) is 0 Å². The zero-order chi connectivity index (χ0) is 15.4. The first-order valence-electron chi connectivity index (χ1n) is 6.03. The van der Waals surface area contributed by atoms with Crippen LogP contribution in [-0.4, -0.2) is 26.0 Å². The molecule has 21 heavy (non-hydrogen) atoms. The van der Waals surface area contributed by atoms with Gasteiger partial charge in [0.1, 0.15) is 17.6 Å². The summed E-state index contributed by atoms with van der Waals surface area (Å²) in [7, 11) is 0. The van der Waals surface area contributed by atoms with Crippen LogP contribution in [0.3, 0.4) is 0 Å². The van der Waals surface area contributed by atoms with Gasteiger partial charge in [-0.15, -0.1) is 0 Å². The summed E-state index contributed by atoms with van der Waals surface area (Å²) in [4.78, 5) is 28.8. The maximum atomic E-state index is 11.1. The minimum Gasteiger partial charge on any atom is -0.477 e. The third-order valence-corrected chi connectivity index (χ3v) is 2.88. The highest BCUT2D eigenvalue weighted by Gasteiger charge is 2.21. The smallest absolute Gasteiger partial charge is 0.342 e. The Hall–Kier alpha value is -3.03. The summed E-state index contributed by atoms with van der Waals surface area (Å²) in [5, 5.41) is 22.8. The molecule has 0 saturated carbocycles. The van der Waals surface area contributed by atoms with Crippen LogP contribution in [-0.2, 0) is 0 Å². The molecule has 8 heteroatoms. The molecule has 1 atom stereocenters. The number of carbonyl (C=O) groups is 1. The number of pyridine rings is 2. The van der Waals surface area contributed by atoms with E-state index in [4.69, 9.17) is 5.11 Å². The van der Waals surface area contributed by atoms with Crippen LogP contribution in [0, 0.1) is 10.1 Å². The van der Waals surface area contributed by atoms with Crippen molar-refractivity contribution in [1.29, 1.82) is 0 Å². The third-order valence-electron chi connectivity index (χ3n) is 2.88. The van der Waals surface area contributed by atoms with Crippen molar-refractivity contribution in [3.8, 4) is 0 Å². The van der Waals surface area contributed by atoms with E-state index in [2.05, 4.69) is 15.3 Å². The summed E-state index contributed by atoms with van der Waals surface area (Å²) >= 11 is 0. The summed E-state index contributed by atoms with van der Waals surface area (Å²) in [6.45, 7) is 1.86. The molecule has 0 aliphatic heterocycles. The first-order chi connectivity index (χ1) is 9.99. The predicted octanol–water partition coefficient (Wildman–Crippen LogP) is 2.26. The summed E-state index contributed by atoms with van der Waals surface area (Å²) in [5.41, 5.74) is -0.00827. The third kappa shape index (κ3) is 3.30. The highest BCUT2D eigenvalue weighted by atomic mass is 16.6. The largest absolute Gasteiger partial charge is 0.477 e. The normalized spacial score (nSPS) is 11.7. The second kappa shape index (κ2) is 5.95. The van der Waals surface area contributed by atoms with Gasteiger partial charge < -0.3 is 10.4 Å². The van der Waals surface area contributed by atoms with Crippen molar-refractivity contribution in [2.45, 2.75) is 13.0 Å². The molecule has 0 saturated heterocycles. The number of nitrogens with zero attached hydrogens (tertiary/aromatic N) is 3. The molecule has 8 nitrogen and oxygen atoms in total. The van der Waals surface area contributed by atoms with Gasteiger partial charge in [0.2, 0.25) is 0 Å². The number of aromatic carboxylic acids is 1. The number of carboxylic acids is 1. The van der Waals surface area contributed by atoms with Gasteiger partial charge in [0.05, 0.1) is 11.0 Å². The van der Waals surface area contributed by atoms with Crippen LogP contribution in [0.2, 0.25) is 0 Å². The zero-order valence-electron chi connectivity index (χ0n) is 11.1. The lowest BCUT2D eigenvalue weighted by Crippen LogP contribution is -2.10. The molecule has 2 aromatic heterocycles. The van der Waals surface area contributed by atoms with E-state index in [1.54, 1.807) is 24.5 Å². The van der Waals surface area contributed by atoms with E-state index < -0.39 is 22.1 Å². The van der Waals surface area contributed by atoms with Crippen LogP contribution in [0.5, 0.6) is 0 Å². The predicted molar refractivity (Wildman–Crippen MR) is 74.1 cm³/mol. The van der Waals surface area contributed by atoms with E-state index in [1.807, 2.05) is 6.92 Å². The second-order valence-electron chi connectivity index (χ2n) is 4.30. The molecule has 0 spiro atoms. The van der Waals surface area contributed by atoms with Crippen LogP contribution in [0.15, 0.2) is 36.8 Å². The highest BCUT2D eigenvalue weighted by molar-refractivity contribution is 5.93. The van der Waals surface area contributed by atoms with Gasteiger partial charge in [-0.05, 0) is 24.6 Å². The average Bonchev–Trinajstić information content (AvgIpc) is 2.47. The first-order valence-corrected chi connectivity index (χ1v) is 6.03. The van der Waals surface area contributed by atoms with Gasteiger partial charge in [-0.3, -0.25) is 15.1 Å². The van der Waals surface area contributed by atoms with E-state index >= 15 is 0 Å². The Bertz CT molecular complexity index is 675. The molecule has 108 valence electrons. The Morgan fingerprint density at radius 3 is 2.67 bits per heavy atom. The number of anilines is 1. The van der Waals surface area contributed by atoms with Crippen LogP contribution in [0.1, 0.15) is 28.9 Å². The van der Waals surface area contributed by atoms with Crippen molar-refractivity contribution in [2.24, 2.45) is 0 Å². The molecule has 0 aliphatic carbocycles. The lowest BCUT2D eigenvalue weighted by Gasteiger charge is -2.14. The van der Waals surface area contributed by atoms with E-state index in [9.17, 15) is 14.9 Å².